The van der Waals surface area contributed by atoms with E-state index in [0.717, 1.165) is 19.4 Å². The normalized spacial score (nSPS) is 23.9. The Bertz CT molecular complexity index is 224. The lowest BCUT2D eigenvalue weighted by atomic mass is 9.98. The first-order valence-corrected chi connectivity index (χ1v) is 4.85. The molecule has 3 N–H and O–H groups in total. The summed E-state index contributed by atoms with van der Waals surface area (Å²) in [6.07, 6.45) is 1.81. The van der Waals surface area contributed by atoms with Crippen LogP contribution < -0.4 is 10.6 Å². The second-order valence-corrected chi connectivity index (χ2v) is 3.61. The van der Waals surface area contributed by atoms with E-state index in [9.17, 15) is 9.59 Å². The molecule has 1 unspecified atom stereocenters. The second-order valence-electron chi connectivity index (χ2n) is 3.61. The Kier molecular flexibility index (Phi) is 3.88. The van der Waals surface area contributed by atoms with Gasteiger partial charge in [-0.05, 0) is 26.3 Å². The lowest BCUT2D eigenvalue weighted by Crippen LogP contribution is -2.46. The molecule has 5 nitrogen and oxygen atoms in total. The highest BCUT2D eigenvalue weighted by Gasteiger charge is 2.23. The first kappa shape index (κ1) is 11.0. The molecule has 1 amide bonds. The van der Waals surface area contributed by atoms with E-state index in [2.05, 4.69) is 10.6 Å². The Hall–Kier alpha value is -1.10. The van der Waals surface area contributed by atoms with Gasteiger partial charge in [-0.2, -0.15) is 0 Å². The number of carbonyl (C=O) groups is 2. The third-order valence-corrected chi connectivity index (χ3v) is 2.40. The van der Waals surface area contributed by atoms with Crippen molar-refractivity contribution in [2.75, 3.05) is 13.1 Å². The topological polar surface area (TPSA) is 78.4 Å². The fourth-order valence-corrected chi connectivity index (χ4v) is 1.47. The zero-order chi connectivity index (χ0) is 10.6. The molecule has 1 aliphatic heterocycles. The van der Waals surface area contributed by atoms with Crippen molar-refractivity contribution in [2.24, 2.45) is 5.92 Å². The van der Waals surface area contributed by atoms with Crippen LogP contribution in [-0.2, 0) is 9.59 Å². The van der Waals surface area contributed by atoms with E-state index in [0.29, 0.717) is 6.54 Å². The largest absolute Gasteiger partial charge is 0.480 e. The van der Waals surface area contributed by atoms with E-state index in [1.54, 1.807) is 0 Å². The molecular weight excluding hydrogens is 184 g/mol. The molecule has 0 spiro atoms. The summed E-state index contributed by atoms with van der Waals surface area (Å²) in [5.74, 6) is -1.24. The lowest BCUT2D eigenvalue weighted by Gasteiger charge is -2.22. The van der Waals surface area contributed by atoms with Crippen molar-refractivity contribution in [1.29, 1.82) is 0 Å². The maximum absolute atomic E-state index is 11.5. The van der Waals surface area contributed by atoms with Crippen molar-refractivity contribution < 1.29 is 14.7 Å². The van der Waals surface area contributed by atoms with Crippen LogP contribution >= 0.6 is 0 Å². The highest BCUT2D eigenvalue weighted by molar-refractivity contribution is 5.84. The van der Waals surface area contributed by atoms with Crippen molar-refractivity contribution in [2.45, 2.75) is 25.8 Å². The number of rotatable bonds is 3. The van der Waals surface area contributed by atoms with Gasteiger partial charge < -0.3 is 15.7 Å². The highest BCUT2D eigenvalue weighted by atomic mass is 16.4. The Morgan fingerprint density at radius 1 is 1.57 bits per heavy atom. The van der Waals surface area contributed by atoms with Crippen LogP contribution in [0.4, 0.5) is 0 Å². The molecule has 1 fully saturated rings. The highest BCUT2D eigenvalue weighted by Crippen LogP contribution is 2.09. The Morgan fingerprint density at radius 3 is 2.79 bits per heavy atom. The van der Waals surface area contributed by atoms with E-state index in [4.69, 9.17) is 5.11 Å². The summed E-state index contributed by atoms with van der Waals surface area (Å²) in [4.78, 5) is 22.0. The van der Waals surface area contributed by atoms with Crippen molar-refractivity contribution >= 4 is 11.9 Å². The number of hydrogen-bond donors (Lipinski definition) is 3. The van der Waals surface area contributed by atoms with E-state index < -0.39 is 12.0 Å². The Balaban J connectivity index is 2.36. The van der Waals surface area contributed by atoms with Gasteiger partial charge in [-0.15, -0.1) is 0 Å². The van der Waals surface area contributed by atoms with E-state index in [1.165, 1.54) is 6.92 Å². The van der Waals surface area contributed by atoms with Gasteiger partial charge in [-0.1, -0.05) is 0 Å². The average molecular weight is 200 g/mol. The predicted molar refractivity (Wildman–Crippen MR) is 50.8 cm³/mol. The molecular formula is C9H16N2O3. The maximum atomic E-state index is 11.5. The van der Waals surface area contributed by atoms with Gasteiger partial charge >= 0.3 is 5.97 Å². The summed E-state index contributed by atoms with van der Waals surface area (Å²) in [7, 11) is 0. The zero-order valence-corrected chi connectivity index (χ0v) is 8.25. The first-order chi connectivity index (χ1) is 6.61. The summed E-state index contributed by atoms with van der Waals surface area (Å²) in [5.41, 5.74) is 0. The number of hydrogen-bond acceptors (Lipinski definition) is 3. The van der Waals surface area contributed by atoms with Crippen molar-refractivity contribution in [3.05, 3.63) is 0 Å². The minimum absolute atomic E-state index is 0.0782. The molecule has 0 aliphatic carbocycles. The molecule has 1 saturated heterocycles. The lowest BCUT2D eigenvalue weighted by molar-refractivity contribution is -0.142. The maximum Gasteiger partial charge on any atom is 0.325 e. The average Bonchev–Trinajstić information content (AvgIpc) is 2.19. The Morgan fingerprint density at radius 2 is 2.29 bits per heavy atom. The molecule has 2 atom stereocenters. The van der Waals surface area contributed by atoms with Gasteiger partial charge in [0.15, 0.2) is 0 Å². The third kappa shape index (κ3) is 2.99. The minimum atomic E-state index is -0.998. The van der Waals surface area contributed by atoms with Gasteiger partial charge in [0.2, 0.25) is 5.91 Å². The fraction of sp³-hybridized carbons (Fsp3) is 0.778. The summed E-state index contributed by atoms with van der Waals surface area (Å²) in [6, 6.07) is -0.801. The smallest absolute Gasteiger partial charge is 0.325 e. The molecule has 0 radical (unpaired) electrons. The van der Waals surface area contributed by atoms with Crippen LogP contribution in [0.2, 0.25) is 0 Å². The number of carboxylic acid groups (broad SMARTS) is 1. The monoisotopic (exact) mass is 200 g/mol. The molecule has 0 aromatic heterocycles. The molecule has 1 rings (SSSR count). The van der Waals surface area contributed by atoms with Crippen LogP contribution in [0.5, 0.6) is 0 Å². The SMILES string of the molecule is CC(NC(=O)[C@@H]1CCCNC1)C(=O)O. The van der Waals surface area contributed by atoms with Gasteiger partial charge in [0.25, 0.3) is 0 Å². The molecule has 5 heteroatoms. The van der Waals surface area contributed by atoms with E-state index in [-0.39, 0.29) is 11.8 Å². The van der Waals surface area contributed by atoms with E-state index in [1.807, 2.05) is 0 Å². The fourth-order valence-electron chi connectivity index (χ4n) is 1.47. The molecule has 1 heterocycles. The molecule has 0 aromatic rings. The van der Waals surface area contributed by atoms with Gasteiger partial charge in [0, 0.05) is 6.54 Å². The van der Waals surface area contributed by atoms with Gasteiger partial charge in [-0.25, -0.2) is 0 Å². The van der Waals surface area contributed by atoms with Crippen LogP contribution in [0.15, 0.2) is 0 Å². The van der Waals surface area contributed by atoms with E-state index >= 15 is 0 Å². The number of carbonyl (C=O) groups excluding carboxylic acids is 1. The van der Waals surface area contributed by atoms with Crippen LogP contribution in [0.3, 0.4) is 0 Å². The number of nitrogens with one attached hydrogen (secondary N) is 2. The van der Waals surface area contributed by atoms with Crippen LogP contribution in [-0.4, -0.2) is 36.1 Å². The molecule has 0 saturated carbocycles. The van der Waals surface area contributed by atoms with Gasteiger partial charge in [0.1, 0.15) is 6.04 Å². The van der Waals surface area contributed by atoms with Gasteiger partial charge in [0.05, 0.1) is 5.92 Å². The summed E-state index contributed by atoms with van der Waals surface area (Å²) >= 11 is 0. The summed E-state index contributed by atoms with van der Waals surface area (Å²) in [5, 5.41) is 14.2. The standard InChI is InChI=1S/C9H16N2O3/c1-6(9(13)14)11-8(12)7-3-2-4-10-5-7/h6-7,10H,2-5H2,1H3,(H,11,12)(H,13,14)/t6?,7-/m1/s1. The molecule has 1 aliphatic rings. The Labute approximate surface area is 82.9 Å². The van der Waals surface area contributed by atoms with Crippen molar-refractivity contribution in [3.63, 3.8) is 0 Å². The number of piperidine rings is 1. The van der Waals surface area contributed by atoms with Crippen molar-refractivity contribution in [1.82, 2.24) is 10.6 Å². The van der Waals surface area contributed by atoms with Crippen LogP contribution in [0.1, 0.15) is 19.8 Å². The molecule has 14 heavy (non-hydrogen) atoms. The third-order valence-electron chi connectivity index (χ3n) is 2.40. The first-order valence-electron chi connectivity index (χ1n) is 4.85. The van der Waals surface area contributed by atoms with Crippen LogP contribution in [0.25, 0.3) is 0 Å². The van der Waals surface area contributed by atoms with Crippen molar-refractivity contribution in [3.8, 4) is 0 Å². The number of amides is 1. The molecule has 0 aromatic carbocycles. The van der Waals surface area contributed by atoms with Gasteiger partial charge in [-0.3, -0.25) is 9.59 Å². The number of aliphatic carboxylic acids is 1. The van der Waals surface area contributed by atoms with Crippen LogP contribution in [0, 0.1) is 5.92 Å². The predicted octanol–water partition coefficient (Wildman–Crippen LogP) is -0.425. The molecule has 0 bridgehead atoms. The second kappa shape index (κ2) is 4.95. The minimum Gasteiger partial charge on any atom is -0.480 e. The quantitative estimate of drug-likeness (QED) is 0.578. The zero-order valence-electron chi connectivity index (χ0n) is 8.25. The summed E-state index contributed by atoms with van der Waals surface area (Å²) in [6.45, 7) is 3.06. The number of carboxylic acids is 1. The molecule has 80 valence electrons. The summed E-state index contributed by atoms with van der Waals surface area (Å²) < 4.78 is 0.